The largest absolute Gasteiger partial charge is 0.478 e. The Bertz CT molecular complexity index is 4410. The van der Waals surface area contributed by atoms with Gasteiger partial charge in [0, 0.05) is 70.8 Å². The van der Waals surface area contributed by atoms with Gasteiger partial charge in [-0.05, 0) is 146 Å². The van der Waals surface area contributed by atoms with E-state index in [1.165, 1.54) is 14.2 Å². The van der Waals surface area contributed by atoms with Crippen LogP contribution in [-0.4, -0.2) is 56.3 Å². The van der Waals surface area contributed by atoms with Crippen LogP contribution in [0.15, 0.2) is 219 Å². The molecule has 16 heteroatoms. The van der Waals surface area contributed by atoms with Crippen molar-refractivity contribution >= 4 is 58.3 Å². The zero-order valence-electron chi connectivity index (χ0n) is 47.9. The molecule has 11 aromatic rings. The predicted molar refractivity (Wildman–Crippen MR) is 333 cm³/mol. The number of carboxylic acids is 2. The maximum atomic E-state index is 11.9. The molecule has 430 valence electrons. The molecule has 88 heavy (non-hydrogen) atoms. The van der Waals surface area contributed by atoms with Crippen molar-refractivity contribution in [3.8, 4) is 56.5 Å². The molecule has 0 saturated carbocycles. The highest BCUT2D eigenvalue weighted by Gasteiger charge is 2.29. The van der Waals surface area contributed by atoms with Gasteiger partial charge in [0.1, 0.15) is 0 Å². The number of nitrogens with one attached hydrogen (secondary N) is 2. The molecule has 2 aliphatic heterocycles. The summed E-state index contributed by atoms with van der Waals surface area (Å²) in [6.07, 6.45) is 16.5. The minimum absolute atomic E-state index is 0.209. The fourth-order valence-electron chi connectivity index (χ4n) is 11.4. The van der Waals surface area contributed by atoms with Crippen LogP contribution in [0, 0.1) is 0 Å². The fourth-order valence-corrected chi connectivity index (χ4v) is 11.4. The van der Waals surface area contributed by atoms with Crippen LogP contribution in [0.2, 0.25) is 0 Å². The van der Waals surface area contributed by atoms with E-state index in [4.69, 9.17) is 29.5 Å². The first-order valence-corrected chi connectivity index (χ1v) is 28.5. The summed E-state index contributed by atoms with van der Waals surface area (Å²) in [6.45, 7) is 1.89. The average Bonchev–Trinajstić information content (AvgIpc) is 2.65. The number of hydrogen-bond acceptors (Lipinski definition) is 8. The minimum atomic E-state index is -0.989. The third-order valence-electron chi connectivity index (χ3n) is 15.6. The summed E-state index contributed by atoms with van der Waals surface area (Å²) in [6, 6.07) is 62.5. The number of nitrogens with zero attached hydrogens (tertiary/aromatic N) is 6. The summed E-state index contributed by atoms with van der Waals surface area (Å²) < 4.78 is 8.75. The van der Waals surface area contributed by atoms with Gasteiger partial charge in [0.05, 0.1) is 92.4 Å². The van der Waals surface area contributed by atoms with E-state index in [1.807, 2.05) is 134 Å². The lowest BCUT2D eigenvalue weighted by Gasteiger charge is -2.08. The zero-order chi connectivity index (χ0) is 60.1. The second-order valence-corrected chi connectivity index (χ2v) is 21.1. The van der Waals surface area contributed by atoms with Gasteiger partial charge in [0.25, 0.3) is 0 Å². The lowest BCUT2D eigenvalue weighted by Crippen LogP contribution is -2.36. The van der Waals surface area contributed by atoms with Crippen LogP contribution < -0.4 is 28.0 Å². The summed E-state index contributed by atoms with van der Waals surface area (Å²) >= 11 is 0. The Morgan fingerprint density at radius 1 is 0.364 bits per heavy atom. The Morgan fingerprint density at radius 3 is 0.875 bits per heavy atom. The van der Waals surface area contributed by atoms with E-state index in [0.29, 0.717) is 49.1 Å². The molecule has 7 aromatic heterocycles. The average molecular weight is 1160 g/mol. The van der Waals surface area contributed by atoms with Crippen LogP contribution in [0.4, 0.5) is 0 Å². The van der Waals surface area contributed by atoms with Gasteiger partial charge in [-0.25, -0.2) is 19.6 Å². The van der Waals surface area contributed by atoms with Gasteiger partial charge in [0.2, 0.25) is 22.8 Å². The van der Waals surface area contributed by atoms with Gasteiger partial charge in [0.15, 0.2) is 62.5 Å². The second kappa shape index (κ2) is 24.6. The predicted octanol–water partition coefficient (Wildman–Crippen LogP) is 11.9. The molecule has 0 unspecified atom stereocenters. The van der Waals surface area contributed by atoms with E-state index >= 15 is 0 Å². The first-order chi connectivity index (χ1) is 43.1. The number of hydrogen-bond donors (Lipinski definition) is 4. The van der Waals surface area contributed by atoms with E-state index in [-0.39, 0.29) is 11.1 Å². The number of rotatable bonds is 18. The minimum Gasteiger partial charge on any atom is -0.478 e. The molecule has 0 radical (unpaired) electrons. The maximum absolute atomic E-state index is 11.9. The zero-order valence-corrected chi connectivity index (χ0v) is 47.9. The van der Waals surface area contributed by atoms with Crippen LogP contribution in [-0.2, 0) is 36.0 Å². The van der Waals surface area contributed by atoms with Crippen LogP contribution in [0.25, 0.3) is 91.4 Å². The Morgan fingerprint density at radius 2 is 0.625 bits per heavy atom. The molecule has 16 nitrogen and oxygen atoms in total. The smallest absolute Gasteiger partial charge is 0.335 e. The monoisotopic (exact) mass is 1160 g/mol. The molecule has 0 aliphatic carbocycles. The van der Waals surface area contributed by atoms with Gasteiger partial charge >= 0.3 is 11.9 Å². The maximum Gasteiger partial charge on any atom is 0.335 e. The highest BCUT2D eigenvalue weighted by Crippen LogP contribution is 2.37. The first-order valence-electron chi connectivity index (χ1n) is 28.5. The van der Waals surface area contributed by atoms with E-state index < -0.39 is 11.9 Å². The molecule has 0 fully saturated rings. The number of aromatic carboxylic acids is 2. The molecule has 0 saturated heterocycles. The third-order valence-corrected chi connectivity index (χ3v) is 15.6. The van der Waals surface area contributed by atoms with Crippen molar-refractivity contribution in [1.82, 2.24) is 19.9 Å². The van der Waals surface area contributed by atoms with Gasteiger partial charge in [-0.2, -0.15) is 28.0 Å². The van der Waals surface area contributed by atoms with E-state index in [2.05, 4.69) is 113 Å². The number of carbonyl (C=O) groups is 2. The lowest BCUT2D eigenvalue weighted by atomic mass is 10.1. The van der Waals surface area contributed by atoms with Crippen LogP contribution in [0.1, 0.15) is 65.7 Å². The Kier molecular flexibility index (Phi) is 15.6. The van der Waals surface area contributed by atoms with E-state index in [1.54, 1.807) is 24.3 Å². The van der Waals surface area contributed by atoms with Crippen LogP contribution >= 0.6 is 0 Å². The van der Waals surface area contributed by atoms with Gasteiger partial charge in [-0.3, -0.25) is 0 Å². The number of H-pyrrole nitrogens is 2. The summed E-state index contributed by atoms with van der Waals surface area (Å²) in [7, 11) is 2.97. The van der Waals surface area contributed by atoms with Gasteiger partial charge in [-0.15, -0.1) is 0 Å². The molecule has 8 bridgehead atoms. The normalized spacial score (nSPS) is 11.7. The fraction of sp³-hybridized carbons (Fsp3) is 0.0833. The Labute approximate surface area is 505 Å². The molecule has 0 spiro atoms. The van der Waals surface area contributed by atoms with E-state index in [9.17, 15) is 19.8 Å². The highest BCUT2D eigenvalue weighted by atomic mass is 17.2. The van der Waals surface area contributed by atoms with Gasteiger partial charge < -0.3 is 30.0 Å². The Balaban J connectivity index is 1.11. The van der Waals surface area contributed by atoms with Gasteiger partial charge in [-0.1, -0.05) is 24.3 Å². The summed E-state index contributed by atoms with van der Waals surface area (Å²) in [5, 5.41) is 19.6. The number of aromatic nitrogens is 8. The van der Waals surface area contributed by atoms with Crippen molar-refractivity contribution in [2.45, 2.75) is 26.2 Å². The Hall–Kier alpha value is -11.5. The molecule has 2 aliphatic rings. The van der Waals surface area contributed by atoms with Crippen LogP contribution in [0.5, 0.6) is 11.5 Å². The van der Waals surface area contributed by atoms with Crippen molar-refractivity contribution in [1.29, 1.82) is 0 Å². The lowest BCUT2D eigenvalue weighted by molar-refractivity contribution is -0.677. The number of carboxylic acid groups (broad SMARTS) is 2. The molecule has 0 amide bonds. The van der Waals surface area contributed by atoms with Crippen molar-refractivity contribution < 1.29 is 57.6 Å². The molecule has 0 atom stereocenters. The SMILES string of the molecule is COOc1ccc(C[n+]2ccccc2-c2c3nc(c(-c4cccc[n+]4Cc4ccc(C(=O)O)cc4)c4ccc([nH]4)c(-c4cccc[n+]4Cc4ccc(C(=O)O)cc4)c4nc(c(-c5cccc[n+]5Cc5ccc(OOC)cc5)c5ccc2[nH]5)C=C4)C=C3)cc1. The standard InChI is InChI=1S/C72H54N8O8/c1-85-87-53-27-19-49(20-28-53)45-79-41-9-5-13-65(79)69-59-35-33-57(74-59)67(63-11-3-7-39-77(63)43-47-15-23-51(24-16-47)71(81)82)55-31-32-56(73-55)68(64-12-4-8-40-78(64)44-48-17-25-52(26-18-48)72(83)84)58-34-36-60(75-58)70(62-38-37-61(69)76-62)66-14-6-10-42-80(66)46-50-21-29-54(30-22-50)88-86-2/h3-42H,43-46H2,1-2H3/p+4. The van der Waals surface area contributed by atoms with Crippen molar-refractivity contribution in [3.05, 3.63) is 275 Å². The summed E-state index contributed by atoms with van der Waals surface area (Å²) in [5.41, 5.74) is 17.2. The topological polar surface area (TPSA) is 184 Å². The van der Waals surface area contributed by atoms with E-state index in [0.717, 1.165) is 101 Å². The molecular formula is C72H58N8O8+4. The van der Waals surface area contributed by atoms with Crippen molar-refractivity contribution in [3.63, 3.8) is 0 Å². The molecule has 13 rings (SSSR count). The first kappa shape index (κ1) is 55.7. The third kappa shape index (κ3) is 11.6. The molecular weight excluding hydrogens is 1100 g/mol. The molecule has 4 N–H and O–H groups in total. The number of benzene rings is 4. The van der Waals surface area contributed by atoms with Crippen molar-refractivity contribution in [2.75, 3.05) is 14.2 Å². The summed E-state index contributed by atoms with van der Waals surface area (Å²) in [4.78, 5) is 63.7. The van der Waals surface area contributed by atoms with Crippen molar-refractivity contribution in [2.24, 2.45) is 0 Å². The molecule has 9 heterocycles. The number of fused-ring (bicyclic) bond motifs is 8. The number of aromatic amines is 2. The number of pyridine rings is 4. The van der Waals surface area contributed by atoms with Crippen LogP contribution in [0.3, 0.4) is 0 Å². The quantitative estimate of drug-likeness (QED) is 0.0366. The summed E-state index contributed by atoms with van der Waals surface area (Å²) in [5.74, 6) is -0.795. The second-order valence-electron chi connectivity index (χ2n) is 21.1. The highest BCUT2D eigenvalue weighted by molar-refractivity contribution is 5.98. The molecule has 4 aromatic carbocycles.